The van der Waals surface area contributed by atoms with E-state index in [0.717, 1.165) is 24.3 Å². The average molecular weight is 362 g/mol. The lowest BCUT2D eigenvalue weighted by molar-refractivity contribution is -0.0902. The minimum Gasteiger partial charge on any atom is -0.357 e. The van der Waals surface area contributed by atoms with Crippen molar-refractivity contribution in [3.63, 3.8) is 0 Å². The molecule has 0 saturated carbocycles. The second kappa shape index (κ2) is 4.78. The van der Waals surface area contributed by atoms with Crippen molar-refractivity contribution in [2.45, 2.75) is 11.5 Å². The molecule has 2 nitrogen and oxygen atoms in total. The van der Waals surface area contributed by atoms with Crippen LogP contribution in [0.5, 0.6) is 0 Å². The van der Waals surface area contributed by atoms with Gasteiger partial charge in [-0.1, -0.05) is 0 Å². The summed E-state index contributed by atoms with van der Waals surface area (Å²) in [4.78, 5) is 3.64. The number of halogens is 5. The third-order valence-electron chi connectivity index (χ3n) is 3.35. The first-order chi connectivity index (χ1) is 9.87. The van der Waals surface area contributed by atoms with Crippen molar-refractivity contribution in [3.05, 3.63) is 63.9 Å². The van der Waals surface area contributed by atoms with Crippen molar-refractivity contribution in [1.82, 2.24) is 4.98 Å². The van der Waals surface area contributed by atoms with Crippen LogP contribution in [-0.2, 0) is 16.3 Å². The van der Waals surface area contributed by atoms with Gasteiger partial charge in [-0.05, 0) is 46.3 Å². The van der Waals surface area contributed by atoms with Gasteiger partial charge in [-0.15, -0.1) is 0 Å². The molecule has 2 heterocycles. The summed E-state index contributed by atoms with van der Waals surface area (Å²) in [6.07, 6.45) is 1.21. The van der Waals surface area contributed by atoms with Gasteiger partial charge in [0.1, 0.15) is 17.3 Å². The van der Waals surface area contributed by atoms with Crippen LogP contribution >= 0.6 is 15.9 Å². The molecule has 0 amide bonds. The third kappa shape index (κ3) is 2.24. The Morgan fingerprint density at radius 1 is 1.19 bits per heavy atom. The fourth-order valence-corrected chi connectivity index (χ4v) is 2.39. The van der Waals surface area contributed by atoms with Crippen molar-refractivity contribution >= 4 is 15.9 Å². The van der Waals surface area contributed by atoms with E-state index in [1.54, 1.807) is 0 Å². The SMILES string of the molecule is Fc1ccc(F)c(C2(C(F)(F)c3ccc(Br)cn3)CO2)c1. The lowest BCUT2D eigenvalue weighted by atomic mass is 9.90. The van der Waals surface area contributed by atoms with Crippen LogP contribution in [0.1, 0.15) is 11.3 Å². The Bertz CT molecular complexity index is 686. The Labute approximate surface area is 125 Å². The number of rotatable bonds is 3. The van der Waals surface area contributed by atoms with Gasteiger partial charge < -0.3 is 4.74 Å². The summed E-state index contributed by atoms with van der Waals surface area (Å²) < 4.78 is 61.7. The molecule has 21 heavy (non-hydrogen) atoms. The molecule has 1 saturated heterocycles. The van der Waals surface area contributed by atoms with E-state index < -0.39 is 41.0 Å². The molecule has 3 rings (SSSR count). The molecule has 0 bridgehead atoms. The van der Waals surface area contributed by atoms with E-state index in [2.05, 4.69) is 20.9 Å². The highest BCUT2D eigenvalue weighted by molar-refractivity contribution is 9.10. The summed E-state index contributed by atoms with van der Waals surface area (Å²) >= 11 is 3.10. The van der Waals surface area contributed by atoms with Crippen molar-refractivity contribution < 1.29 is 22.3 Å². The lowest BCUT2D eigenvalue weighted by Gasteiger charge is -2.24. The number of hydrogen-bond acceptors (Lipinski definition) is 2. The van der Waals surface area contributed by atoms with E-state index >= 15 is 0 Å². The van der Waals surface area contributed by atoms with Crippen LogP contribution < -0.4 is 0 Å². The largest absolute Gasteiger partial charge is 0.357 e. The number of epoxide rings is 1. The second-order valence-corrected chi connectivity index (χ2v) is 5.59. The molecule has 2 aromatic rings. The smallest absolute Gasteiger partial charge is 0.324 e. The lowest BCUT2D eigenvalue weighted by Crippen LogP contribution is -2.34. The van der Waals surface area contributed by atoms with Gasteiger partial charge in [0.05, 0.1) is 6.61 Å². The summed E-state index contributed by atoms with van der Waals surface area (Å²) in [6, 6.07) is 4.91. The molecule has 0 aliphatic carbocycles. The average Bonchev–Trinajstić information content (AvgIpc) is 3.24. The maximum atomic E-state index is 14.6. The van der Waals surface area contributed by atoms with Gasteiger partial charge in [-0.25, -0.2) is 8.78 Å². The third-order valence-corrected chi connectivity index (χ3v) is 3.82. The first-order valence-electron chi connectivity index (χ1n) is 5.96. The van der Waals surface area contributed by atoms with Crippen molar-refractivity contribution in [1.29, 1.82) is 0 Å². The minimum absolute atomic E-state index is 0.405. The number of ether oxygens (including phenoxy) is 1. The van der Waals surface area contributed by atoms with Gasteiger partial charge in [0.15, 0.2) is 5.60 Å². The highest BCUT2D eigenvalue weighted by atomic mass is 79.9. The number of hydrogen-bond donors (Lipinski definition) is 0. The first kappa shape index (κ1) is 14.5. The maximum Gasteiger partial charge on any atom is 0.324 e. The van der Waals surface area contributed by atoms with Gasteiger partial charge in [-0.2, -0.15) is 8.78 Å². The van der Waals surface area contributed by atoms with Gasteiger partial charge in [0, 0.05) is 16.2 Å². The number of aromatic nitrogens is 1. The Balaban J connectivity index is 2.09. The first-order valence-corrected chi connectivity index (χ1v) is 6.75. The molecule has 7 heteroatoms. The molecule has 110 valence electrons. The standard InChI is InChI=1S/C14H8BrF4NO/c15-8-1-4-12(20-6-8)14(18,19)13(7-21-13)10-5-9(16)2-3-11(10)17/h1-6H,7H2. The summed E-state index contributed by atoms with van der Waals surface area (Å²) in [7, 11) is 0. The number of benzene rings is 1. The van der Waals surface area contributed by atoms with E-state index in [1.165, 1.54) is 12.3 Å². The van der Waals surface area contributed by atoms with Crippen molar-refractivity contribution in [2.24, 2.45) is 0 Å². The fraction of sp³-hybridized carbons (Fsp3) is 0.214. The van der Waals surface area contributed by atoms with Crippen LogP contribution in [0, 0.1) is 11.6 Å². The van der Waals surface area contributed by atoms with Gasteiger partial charge in [0.25, 0.3) is 0 Å². The normalized spacial score (nSPS) is 21.4. The van der Waals surface area contributed by atoms with Crippen LogP contribution in [0.4, 0.5) is 17.6 Å². The Morgan fingerprint density at radius 2 is 1.90 bits per heavy atom. The quantitative estimate of drug-likeness (QED) is 0.606. The molecule has 0 spiro atoms. The predicted molar refractivity (Wildman–Crippen MR) is 69.8 cm³/mol. The highest BCUT2D eigenvalue weighted by Crippen LogP contribution is 2.56. The van der Waals surface area contributed by atoms with E-state index in [0.29, 0.717) is 4.47 Å². The molecule has 1 fully saturated rings. The zero-order valence-corrected chi connectivity index (χ0v) is 12.0. The molecule has 1 aromatic heterocycles. The van der Waals surface area contributed by atoms with E-state index in [1.807, 2.05) is 0 Å². The Morgan fingerprint density at radius 3 is 2.48 bits per heavy atom. The van der Waals surface area contributed by atoms with Crippen molar-refractivity contribution in [2.75, 3.05) is 6.61 Å². The molecular formula is C14H8BrF4NO. The van der Waals surface area contributed by atoms with Crippen molar-refractivity contribution in [3.8, 4) is 0 Å². The molecule has 1 atom stereocenters. The summed E-state index contributed by atoms with van der Waals surface area (Å²) in [5.41, 5.74) is -3.27. The number of nitrogens with zero attached hydrogens (tertiary/aromatic N) is 1. The summed E-state index contributed by atoms with van der Waals surface area (Å²) in [5, 5.41) is 0. The van der Waals surface area contributed by atoms with E-state index in [9.17, 15) is 17.6 Å². The highest BCUT2D eigenvalue weighted by Gasteiger charge is 2.68. The van der Waals surface area contributed by atoms with Crippen LogP contribution in [0.15, 0.2) is 41.0 Å². The second-order valence-electron chi connectivity index (χ2n) is 4.68. The molecule has 1 aliphatic rings. The molecule has 1 unspecified atom stereocenters. The predicted octanol–water partition coefficient (Wildman–Crippen LogP) is 4.14. The number of pyridine rings is 1. The van der Waals surface area contributed by atoms with E-state index in [4.69, 9.17) is 4.74 Å². The monoisotopic (exact) mass is 361 g/mol. The zero-order chi connectivity index (χ0) is 15.3. The molecule has 0 radical (unpaired) electrons. The van der Waals surface area contributed by atoms with Crippen LogP contribution in [-0.4, -0.2) is 11.6 Å². The Hall–Kier alpha value is -1.47. The summed E-state index contributed by atoms with van der Waals surface area (Å²) in [6.45, 7) is -0.405. The van der Waals surface area contributed by atoms with Crippen LogP contribution in [0.25, 0.3) is 0 Å². The fourth-order valence-electron chi connectivity index (χ4n) is 2.15. The molecule has 1 aliphatic heterocycles. The topological polar surface area (TPSA) is 25.4 Å². The molecule has 0 N–H and O–H groups in total. The zero-order valence-electron chi connectivity index (χ0n) is 10.4. The van der Waals surface area contributed by atoms with Crippen LogP contribution in [0.3, 0.4) is 0 Å². The minimum atomic E-state index is -3.58. The number of alkyl halides is 2. The van der Waals surface area contributed by atoms with Gasteiger partial charge in [0.2, 0.25) is 0 Å². The van der Waals surface area contributed by atoms with E-state index in [-0.39, 0.29) is 0 Å². The Kier molecular flexibility index (Phi) is 3.29. The van der Waals surface area contributed by atoms with Gasteiger partial charge >= 0.3 is 5.92 Å². The van der Waals surface area contributed by atoms with Gasteiger partial charge in [-0.3, -0.25) is 4.98 Å². The molecule has 1 aromatic carbocycles. The maximum absolute atomic E-state index is 14.6. The van der Waals surface area contributed by atoms with Crippen LogP contribution in [0.2, 0.25) is 0 Å². The molecular weight excluding hydrogens is 354 g/mol. The summed E-state index contributed by atoms with van der Waals surface area (Å²) in [5.74, 6) is -5.32.